The molecular formula is C14H16ClN3O. The first-order valence-corrected chi connectivity index (χ1v) is 7.03. The zero-order valence-electron chi connectivity index (χ0n) is 10.9. The third kappa shape index (κ3) is 2.10. The fraction of sp³-hybridized carbons (Fsp3) is 0.429. The molecule has 0 aliphatic carbocycles. The van der Waals surface area contributed by atoms with Gasteiger partial charge in [-0.1, -0.05) is 0 Å². The number of benzene rings is 1. The highest BCUT2D eigenvalue weighted by atomic mass is 35.5. The Bertz CT molecular complexity index is 674. The summed E-state index contributed by atoms with van der Waals surface area (Å²) in [5, 5.41) is 0.907. The van der Waals surface area contributed by atoms with E-state index in [0.717, 1.165) is 18.8 Å². The predicted molar refractivity (Wildman–Crippen MR) is 78.1 cm³/mol. The molecule has 0 unspecified atom stereocenters. The summed E-state index contributed by atoms with van der Waals surface area (Å²) >= 11 is 6.02. The minimum atomic E-state index is -0.0569. The molecule has 0 atom stereocenters. The number of hydrogen-bond acceptors (Lipinski definition) is 3. The van der Waals surface area contributed by atoms with Gasteiger partial charge < -0.3 is 4.90 Å². The first-order valence-electron chi connectivity index (χ1n) is 6.65. The van der Waals surface area contributed by atoms with E-state index in [4.69, 9.17) is 11.6 Å². The van der Waals surface area contributed by atoms with Crippen molar-refractivity contribution in [2.75, 3.05) is 18.0 Å². The van der Waals surface area contributed by atoms with Crippen LogP contribution in [0.2, 0.25) is 5.28 Å². The molecule has 0 radical (unpaired) electrons. The van der Waals surface area contributed by atoms with Gasteiger partial charge in [0, 0.05) is 25.3 Å². The summed E-state index contributed by atoms with van der Waals surface area (Å²) in [5.74, 6) is 0. The van der Waals surface area contributed by atoms with Crippen molar-refractivity contribution in [1.29, 1.82) is 0 Å². The maximum absolute atomic E-state index is 12.4. The lowest BCUT2D eigenvalue weighted by Crippen LogP contribution is -2.22. The summed E-state index contributed by atoms with van der Waals surface area (Å²) in [4.78, 5) is 19.0. The molecule has 0 amide bonds. The second-order valence-electron chi connectivity index (χ2n) is 4.83. The van der Waals surface area contributed by atoms with Gasteiger partial charge in [0.1, 0.15) is 0 Å². The lowest BCUT2D eigenvalue weighted by atomic mass is 10.2. The van der Waals surface area contributed by atoms with E-state index in [-0.39, 0.29) is 10.8 Å². The highest BCUT2D eigenvalue weighted by Crippen LogP contribution is 2.23. The number of fused-ring (bicyclic) bond motifs is 1. The van der Waals surface area contributed by atoms with Crippen LogP contribution in [0.1, 0.15) is 19.8 Å². The van der Waals surface area contributed by atoms with Crippen molar-refractivity contribution >= 4 is 28.2 Å². The molecule has 2 aromatic rings. The fourth-order valence-corrected chi connectivity index (χ4v) is 2.92. The highest BCUT2D eigenvalue weighted by Gasteiger charge is 2.14. The van der Waals surface area contributed by atoms with Crippen molar-refractivity contribution in [3.05, 3.63) is 33.8 Å². The van der Waals surface area contributed by atoms with E-state index in [1.807, 2.05) is 25.1 Å². The van der Waals surface area contributed by atoms with E-state index in [9.17, 15) is 4.79 Å². The second-order valence-corrected chi connectivity index (χ2v) is 5.16. The molecule has 1 aromatic carbocycles. The van der Waals surface area contributed by atoms with Crippen LogP contribution in [0.25, 0.3) is 10.9 Å². The molecule has 0 bridgehead atoms. The molecule has 0 spiro atoms. The summed E-state index contributed by atoms with van der Waals surface area (Å²) in [7, 11) is 0. The average molecular weight is 278 g/mol. The summed E-state index contributed by atoms with van der Waals surface area (Å²) in [5.41, 5.74) is 1.72. The molecule has 1 aliphatic rings. The molecule has 1 aromatic heterocycles. The van der Waals surface area contributed by atoms with Crippen LogP contribution in [-0.4, -0.2) is 22.6 Å². The molecule has 100 valence electrons. The average Bonchev–Trinajstić information content (AvgIpc) is 2.93. The first-order chi connectivity index (χ1) is 9.20. The Kier molecular flexibility index (Phi) is 3.19. The van der Waals surface area contributed by atoms with Crippen LogP contribution in [0.5, 0.6) is 0 Å². The summed E-state index contributed by atoms with van der Waals surface area (Å²) in [6, 6.07) is 5.85. The van der Waals surface area contributed by atoms with Gasteiger partial charge in [0.25, 0.3) is 5.56 Å². The van der Waals surface area contributed by atoms with Crippen LogP contribution in [0.3, 0.4) is 0 Å². The lowest BCUT2D eigenvalue weighted by molar-refractivity contribution is 0.719. The van der Waals surface area contributed by atoms with E-state index >= 15 is 0 Å². The topological polar surface area (TPSA) is 38.1 Å². The van der Waals surface area contributed by atoms with E-state index in [0.29, 0.717) is 17.4 Å². The zero-order chi connectivity index (χ0) is 13.4. The Morgan fingerprint density at radius 3 is 2.74 bits per heavy atom. The van der Waals surface area contributed by atoms with Gasteiger partial charge in [0.05, 0.1) is 10.9 Å². The third-order valence-electron chi connectivity index (χ3n) is 3.68. The molecule has 4 nitrogen and oxygen atoms in total. The van der Waals surface area contributed by atoms with E-state index in [2.05, 4.69) is 9.88 Å². The van der Waals surface area contributed by atoms with Gasteiger partial charge >= 0.3 is 0 Å². The van der Waals surface area contributed by atoms with Crippen LogP contribution in [0.15, 0.2) is 23.0 Å². The number of hydrogen-bond donors (Lipinski definition) is 0. The van der Waals surface area contributed by atoms with E-state index < -0.39 is 0 Å². The fourth-order valence-electron chi connectivity index (χ4n) is 2.63. The zero-order valence-corrected chi connectivity index (χ0v) is 11.7. The standard InChI is InChI=1S/C14H16ClN3O/c1-2-18-13(19)11-9-10(17-7-3-4-8-17)5-6-12(11)16-14(18)15/h5-6,9H,2-4,7-8H2,1H3. The molecule has 5 heteroatoms. The smallest absolute Gasteiger partial charge is 0.262 e. The maximum atomic E-state index is 12.4. The Balaban J connectivity index is 2.18. The summed E-state index contributed by atoms with van der Waals surface area (Å²) < 4.78 is 1.50. The van der Waals surface area contributed by atoms with Crippen LogP contribution in [-0.2, 0) is 6.54 Å². The van der Waals surface area contributed by atoms with Crippen molar-refractivity contribution in [3.8, 4) is 0 Å². The van der Waals surface area contributed by atoms with Crippen LogP contribution in [0.4, 0.5) is 5.69 Å². The van der Waals surface area contributed by atoms with Gasteiger partial charge in [-0.05, 0) is 49.6 Å². The maximum Gasteiger partial charge on any atom is 0.262 e. The molecule has 19 heavy (non-hydrogen) atoms. The quantitative estimate of drug-likeness (QED) is 0.792. The highest BCUT2D eigenvalue weighted by molar-refractivity contribution is 6.28. The van der Waals surface area contributed by atoms with Gasteiger partial charge in [-0.2, -0.15) is 0 Å². The van der Waals surface area contributed by atoms with Crippen molar-refractivity contribution in [1.82, 2.24) is 9.55 Å². The van der Waals surface area contributed by atoms with Crippen molar-refractivity contribution in [3.63, 3.8) is 0 Å². The Morgan fingerprint density at radius 2 is 2.05 bits per heavy atom. The Morgan fingerprint density at radius 1 is 1.32 bits per heavy atom. The number of aromatic nitrogens is 2. The summed E-state index contributed by atoms with van der Waals surface area (Å²) in [6.45, 7) is 4.56. The van der Waals surface area contributed by atoms with Gasteiger partial charge in [0.2, 0.25) is 5.28 Å². The van der Waals surface area contributed by atoms with Crippen molar-refractivity contribution in [2.24, 2.45) is 0 Å². The SMILES string of the molecule is CCn1c(Cl)nc2ccc(N3CCCC3)cc2c1=O. The number of nitrogens with zero attached hydrogens (tertiary/aromatic N) is 3. The third-order valence-corrected chi connectivity index (χ3v) is 3.97. The lowest BCUT2D eigenvalue weighted by Gasteiger charge is -2.18. The minimum Gasteiger partial charge on any atom is -0.372 e. The minimum absolute atomic E-state index is 0.0569. The van der Waals surface area contributed by atoms with Crippen molar-refractivity contribution in [2.45, 2.75) is 26.3 Å². The largest absolute Gasteiger partial charge is 0.372 e. The number of anilines is 1. The van der Waals surface area contributed by atoms with E-state index in [1.54, 1.807) is 0 Å². The molecular weight excluding hydrogens is 262 g/mol. The molecule has 0 N–H and O–H groups in total. The molecule has 1 fully saturated rings. The van der Waals surface area contributed by atoms with Crippen LogP contribution >= 0.6 is 11.6 Å². The molecule has 1 aliphatic heterocycles. The Labute approximate surface area is 116 Å². The van der Waals surface area contributed by atoms with Gasteiger partial charge in [-0.3, -0.25) is 9.36 Å². The van der Waals surface area contributed by atoms with E-state index in [1.165, 1.54) is 17.4 Å². The molecule has 0 saturated carbocycles. The van der Waals surface area contributed by atoms with Crippen LogP contribution in [0, 0.1) is 0 Å². The Hall–Kier alpha value is -1.55. The molecule has 3 rings (SSSR count). The number of halogens is 1. The molecule has 1 saturated heterocycles. The van der Waals surface area contributed by atoms with Gasteiger partial charge in [-0.15, -0.1) is 0 Å². The number of rotatable bonds is 2. The molecule has 2 heterocycles. The normalized spacial score (nSPS) is 15.4. The predicted octanol–water partition coefficient (Wildman–Crippen LogP) is 2.67. The second kappa shape index (κ2) is 4.85. The summed E-state index contributed by atoms with van der Waals surface area (Å²) in [6.07, 6.45) is 2.44. The van der Waals surface area contributed by atoms with Gasteiger partial charge in [-0.25, -0.2) is 4.98 Å². The monoisotopic (exact) mass is 277 g/mol. The first kappa shape index (κ1) is 12.5. The van der Waals surface area contributed by atoms with Gasteiger partial charge in [0.15, 0.2) is 0 Å². The van der Waals surface area contributed by atoms with Crippen molar-refractivity contribution < 1.29 is 0 Å². The van der Waals surface area contributed by atoms with Crippen LogP contribution < -0.4 is 10.5 Å².